The molecular weight excluding hydrogens is 192 g/mol. The molecule has 0 saturated heterocycles. The zero-order valence-corrected chi connectivity index (χ0v) is 9.22. The van der Waals surface area contributed by atoms with E-state index in [0.717, 1.165) is 0 Å². The van der Waals surface area contributed by atoms with Gasteiger partial charge in [-0.15, -0.1) is 12.6 Å². The summed E-state index contributed by atoms with van der Waals surface area (Å²) < 4.78 is 0. The van der Waals surface area contributed by atoms with Gasteiger partial charge in [-0.3, -0.25) is 10.6 Å². The molecular formula is C11H16N2S. The molecule has 0 heterocycles. The largest absolute Gasteiger partial charge is 0.297 e. The number of rotatable bonds is 3. The lowest BCUT2D eigenvalue weighted by atomic mass is 10.1. The Kier molecular flexibility index (Phi) is 3.11. The minimum Gasteiger partial charge on any atom is -0.297 e. The predicted octanol–water partition coefficient (Wildman–Crippen LogP) is 1.70. The molecule has 0 saturated carbocycles. The zero-order valence-electron chi connectivity index (χ0n) is 8.33. The molecule has 1 aliphatic carbocycles. The Hall–Kier alpha value is -0.510. The maximum atomic E-state index is 4.37. The molecule has 0 bridgehead atoms. The van der Waals surface area contributed by atoms with Crippen LogP contribution in [0.2, 0.25) is 0 Å². The van der Waals surface area contributed by atoms with E-state index in [1.165, 1.54) is 24.0 Å². The van der Waals surface area contributed by atoms with Crippen LogP contribution in [0.25, 0.3) is 0 Å². The molecule has 3 heteroatoms. The van der Waals surface area contributed by atoms with E-state index in [9.17, 15) is 0 Å². The highest BCUT2D eigenvalue weighted by Crippen LogP contribution is 2.30. The second kappa shape index (κ2) is 4.34. The molecule has 14 heavy (non-hydrogen) atoms. The summed E-state index contributed by atoms with van der Waals surface area (Å²) >= 11 is 4.37. The van der Waals surface area contributed by atoms with Crippen molar-refractivity contribution in [3.8, 4) is 0 Å². The van der Waals surface area contributed by atoms with Crippen molar-refractivity contribution < 1.29 is 0 Å². The third-order valence-corrected chi connectivity index (χ3v) is 3.17. The molecule has 76 valence electrons. The van der Waals surface area contributed by atoms with Crippen molar-refractivity contribution >= 4 is 12.6 Å². The maximum absolute atomic E-state index is 4.37. The first-order chi connectivity index (χ1) is 6.81. The van der Waals surface area contributed by atoms with E-state index in [2.05, 4.69) is 47.5 Å². The number of hydrogen-bond donors (Lipinski definition) is 3. The molecule has 1 aromatic carbocycles. The number of hydrogen-bond acceptors (Lipinski definition) is 3. The Balaban J connectivity index is 2.10. The highest BCUT2D eigenvalue weighted by molar-refractivity contribution is 7.80. The molecule has 2 rings (SSSR count). The minimum absolute atomic E-state index is 0.0751. The molecule has 0 amide bonds. The van der Waals surface area contributed by atoms with Crippen molar-refractivity contribution in [3.05, 3.63) is 35.4 Å². The van der Waals surface area contributed by atoms with Crippen molar-refractivity contribution in [2.24, 2.45) is 0 Å². The molecule has 0 aromatic heterocycles. The average molecular weight is 208 g/mol. The van der Waals surface area contributed by atoms with Crippen molar-refractivity contribution in [3.63, 3.8) is 0 Å². The fourth-order valence-electron chi connectivity index (χ4n) is 2.00. The molecule has 2 nitrogen and oxygen atoms in total. The van der Waals surface area contributed by atoms with E-state index < -0.39 is 0 Å². The third kappa shape index (κ3) is 1.95. The SMILES string of the molecule is CNC(S)NC1CCc2ccccc21. The van der Waals surface area contributed by atoms with Crippen LogP contribution in [0.4, 0.5) is 0 Å². The lowest BCUT2D eigenvalue weighted by Crippen LogP contribution is -2.37. The van der Waals surface area contributed by atoms with E-state index in [0.29, 0.717) is 6.04 Å². The van der Waals surface area contributed by atoms with Crippen LogP contribution in [0.5, 0.6) is 0 Å². The lowest BCUT2D eigenvalue weighted by Gasteiger charge is -2.18. The molecule has 2 unspecified atom stereocenters. The highest BCUT2D eigenvalue weighted by Gasteiger charge is 2.22. The normalized spacial score (nSPS) is 22.0. The minimum atomic E-state index is 0.0751. The summed E-state index contributed by atoms with van der Waals surface area (Å²) in [6.07, 6.45) is 2.36. The standard InChI is InChI=1S/C11H16N2S/c1-12-11(14)13-10-7-6-8-4-2-3-5-9(8)10/h2-5,10-14H,6-7H2,1H3. The Morgan fingerprint density at radius 2 is 2.21 bits per heavy atom. The zero-order chi connectivity index (χ0) is 9.97. The summed E-state index contributed by atoms with van der Waals surface area (Å²) in [5.74, 6) is 0. The van der Waals surface area contributed by atoms with Crippen molar-refractivity contribution in [2.75, 3.05) is 7.05 Å². The third-order valence-electron chi connectivity index (χ3n) is 2.77. The Morgan fingerprint density at radius 1 is 1.43 bits per heavy atom. The Morgan fingerprint density at radius 3 is 3.00 bits per heavy atom. The lowest BCUT2D eigenvalue weighted by molar-refractivity contribution is 0.484. The molecule has 0 aliphatic heterocycles. The maximum Gasteiger partial charge on any atom is 0.103 e. The number of thiol groups is 1. The van der Waals surface area contributed by atoms with Gasteiger partial charge in [0.2, 0.25) is 0 Å². The van der Waals surface area contributed by atoms with Gasteiger partial charge in [-0.25, -0.2) is 0 Å². The molecule has 0 spiro atoms. The number of nitrogens with one attached hydrogen (secondary N) is 2. The smallest absolute Gasteiger partial charge is 0.103 e. The molecule has 0 fully saturated rings. The van der Waals surface area contributed by atoms with Crippen LogP contribution >= 0.6 is 12.6 Å². The Labute approximate surface area is 90.5 Å². The van der Waals surface area contributed by atoms with Gasteiger partial charge in [0.15, 0.2) is 0 Å². The summed E-state index contributed by atoms with van der Waals surface area (Å²) in [4.78, 5) is 0. The van der Waals surface area contributed by atoms with E-state index in [-0.39, 0.29) is 5.50 Å². The van der Waals surface area contributed by atoms with Gasteiger partial charge >= 0.3 is 0 Å². The molecule has 1 aromatic rings. The van der Waals surface area contributed by atoms with Crippen molar-refractivity contribution in [1.29, 1.82) is 0 Å². The summed E-state index contributed by atoms with van der Waals surface area (Å²) in [7, 11) is 1.91. The average Bonchev–Trinajstić information content (AvgIpc) is 2.62. The van der Waals surface area contributed by atoms with Gasteiger partial charge in [0.05, 0.1) is 0 Å². The van der Waals surface area contributed by atoms with Gasteiger partial charge in [-0.1, -0.05) is 24.3 Å². The summed E-state index contributed by atoms with van der Waals surface area (Å²) in [6, 6.07) is 9.09. The summed E-state index contributed by atoms with van der Waals surface area (Å²) in [6.45, 7) is 0. The second-order valence-electron chi connectivity index (χ2n) is 3.65. The van der Waals surface area contributed by atoms with E-state index in [1.54, 1.807) is 0 Å². The van der Waals surface area contributed by atoms with Crippen LogP contribution in [0.3, 0.4) is 0 Å². The van der Waals surface area contributed by atoms with Crippen LogP contribution in [-0.4, -0.2) is 12.5 Å². The highest BCUT2D eigenvalue weighted by atomic mass is 32.1. The van der Waals surface area contributed by atoms with Crippen LogP contribution < -0.4 is 10.6 Å². The van der Waals surface area contributed by atoms with Crippen molar-refractivity contribution in [2.45, 2.75) is 24.4 Å². The molecule has 2 atom stereocenters. The van der Waals surface area contributed by atoms with Crippen LogP contribution in [0, 0.1) is 0 Å². The van der Waals surface area contributed by atoms with Crippen LogP contribution in [0.1, 0.15) is 23.6 Å². The number of fused-ring (bicyclic) bond motifs is 1. The fraction of sp³-hybridized carbons (Fsp3) is 0.455. The van der Waals surface area contributed by atoms with E-state index in [1.807, 2.05) is 7.05 Å². The van der Waals surface area contributed by atoms with Gasteiger partial charge in [-0.2, -0.15) is 0 Å². The first kappa shape index (κ1) is 10.0. The van der Waals surface area contributed by atoms with Gasteiger partial charge in [0.25, 0.3) is 0 Å². The second-order valence-corrected chi connectivity index (χ2v) is 4.16. The number of aryl methyl sites for hydroxylation is 1. The van der Waals surface area contributed by atoms with Gasteiger partial charge in [0.1, 0.15) is 5.50 Å². The van der Waals surface area contributed by atoms with E-state index in [4.69, 9.17) is 0 Å². The first-order valence-electron chi connectivity index (χ1n) is 5.00. The molecule has 2 N–H and O–H groups in total. The summed E-state index contributed by atoms with van der Waals surface area (Å²) in [5, 5.41) is 6.51. The van der Waals surface area contributed by atoms with Gasteiger partial charge in [-0.05, 0) is 31.0 Å². The monoisotopic (exact) mass is 208 g/mol. The topological polar surface area (TPSA) is 24.1 Å². The van der Waals surface area contributed by atoms with Crippen LogP contribution in [0.15, 0.2) is 24.3 Å². The summed E-state index contributed by atoms with van der Waals surface area (Å²) in [5.41, 5.74) is 2.98. The number of benzene rings is 1. The van der Waals surface area contributed by atoms with Gasteiger partial charge in [0, 0.05) is 6.04 Å². The molecule has 1 aliphatic rings. The molecule has 0 radical (unpaired) electrons. The fourth-order valence-corrected chi connectivity index (χ4v) is 2.18. The van der Waals surface area contributed by atoms with E-state index >= 15 is 0 Å². The quantitative estimate of drug-likeness (QED) is 0.520. The Bertz CT molecular complexity index is 314. The van der Waals surface area contributed by atoms with Crippen LogP contribution in [-0.2, 0) is 6.42 Å². The predicted molar refractivity (Wildman–Crippen MR) is 62.5 cm³/mol. The first-order valence-corrected chi connectivity index (χ1v) is 5.52. The van der Waals surface area contributed by atoms with Gasteiger partial charge < -0.3 is 0 Å². The van der Waals surface area contributed by atoms with Crippen molar-refractivity contribution in [1.82, 2.24) is 10.6 Å².